The average Bonchev–Trinajstić information content (AvgIpc) is 2.69. The molecule has 0 radical (unpaired) electrons. The predicted octanol–water partition coefficient (Wildman–Crippen LogP) is 2.49. The van der Waals surface area contributed by atoms with Gasteiger partial charge in [0, 0.05) is 6.42 Å². The maximum atomic E-state index is 13.4. The van der Waals surface area contributed by atoms with Gasteiger partial charge < -0.3 is 20.5 Å². The number of nitrogens with two attached hydrogens (primary N) is 1. The van der Waals surface area contributed by atoms with Gasteiger partial charge in [-0.3, -0.25) is 14.1 Å². The van der Waals surface area contributed by atoms with Crippen molar-refractivity contribution in [3.63, 3.8) is 0 Å². The van der Waals surface area contributed by atoms with Gasteiger partial charge >= 0.3 is 19.9 Å². The molecule has 0 aliphatic heterocycles. The summed E-state index contributed by atoms with van der Waals surface area (Å²) in [6.07, 6.45) is 1.31. The van der Waals surface area contributed by atoms with Crippen molar-refractivity contribution >= 4 is 25.7 Å². The molecule has 0 saturated carbocycles. The topological polar surface area (TPSA) is 153 Å². The lowest BCUT2D eigenvalue weighted by Crippen LogP contribution is -2.39. The van der Waals surface area contributed by atoms with Gasteiger partial charge in [0.25, 0.3) is 0 Å². The molecule has 0 heterocycles. The lowest BCUT2D eigenvalue weighted by Gasteiger charge is -2.25. The second-order valence-electron chi connectivity index (χ2n) is 6.65. The Morgan fingerprint density at radius 3 is 2.57 bits per heavy atom. The molecule has 10 nitrogen and oxygen atoms in total. The van der Waals surface area contributed by atoms with Gasteiger partial charge in [-0.15, -0.1) is 0 Å². The molecule has 1 aromatic rings. The molecule has 0 amide bonds. The number of rotatable bonds is 15. The molecular weight excluding hydrogens is 411 g/mol. The first-order chi connectivity index (χ1) is 14.3. The maximum absolute atomic E-state index is 13.4. The molecule has 3 N–H and O–H groups in total. The first-order valence-corrected chi connectivity index (χ1v) is 11.2. The summed E-state index contributed by atoms with van der Waals surface area (Å²) in [4.78, 5) is 26.8. The Hall–Kier alpha value is -2.35. The molecule has 166 valence electrons. The third-order valence-corrected chi connectivity index (χ3v) is 5.26. The molecule has 0 saturated heterocycles. The molecule has 1 rings (SSSR count). The summed E-state index contributed by atoms with van der Waals surface area (Å²) in [5.41, 5.74) is 13.9. The molecule has 0 fully saturated rings. The number of esters is 1. The Bertz CT molecular complexity index is 768. The number of benzene rings is 1. The van der Waals surface area contributed by atoms with E-state index in [1.165, 1.54) is 0 Å². The standard InChI is InChI=1S/C19H29N4O6P/c1-15(2)28-19(25)18(11-10-16(24)14-22-21)23-30(26,27-13-7-6-12-20)29-17-8-4-3-5-9-17/h3-5,8-9,14-15,18H,6-7,10-13,20H2,1-2H3,(H,23,26)/t18-,30?/m0/s1. The fourth-order valence-electron chi connectivity index (χ4n) is 2.30. The number of ketones is 1. The Kier molecular flexibility index (Phi) is 11.8. The van der Waals surface area contributed by atoms with Crippen LogP contribution in [0.4, 0.5) is 0 Å². The van der Waals surface area contributed by atoms with Crippen LogP contribution in [0.25, 0.3) is 5.53 Å². The minimum atomic E-state index is -4.00. The Morgan fingerprint density at radius 1 is 1.27 bits per heavy atom. The summed E-state index contributed by atoms with van der Waals surface area (Å²) in [6, 6.07) is 7.22. The number of nitrogens with zero attached hydrogens (tertiary/aromatic N) is 2. The zero-order valence-corrected chi connectivity index (χ0v) is 18.1. The highest BCUT2D eigenvalue weighted by Crippen LogP contribution is 2.45. The number of hydrogen-bond acceptors (Lipinski definition) is 7. The van der Waals surface area contributed by atoms with E-state index in [0.717, 1.165) is 6.21 Å². The molecule has 30 heavy (non-hydrogen) atoms. The van der Waals surface area contributed by atoms with Gasteiger partial charge in [0.15, 0.2) is 0 Å². The monoisotopic (exact) mass is 440 g/mol. The summed E-state index contributed by atoms with van der Waals surface area (Å²) in [7, 11) is -4.00. The van der Waals surface area contributed by atoms with Crippen molar-refractivity contribution in [3.05, 3.63) is 35.9 Å². The highest BCUT2D eigenvalue weighted by molar-refractivity contribution is 7.52. The zero-order chi connectivity index (χ0) is 22.4. The van der Waals surface area contributed by atoms with Crippen molar-refractivity contribution in [2.45, 2.75) is 51.7 Å². The van der Waals surface area contributed by atoms with E-state index < -0.39 is 31.6 Å². The number of nitrogens with one attached hydrogen (secondary N) is 1. The van der Waals surface area contributed by atoms with Gasteiger partial charge in [-0.25, -0.2) is 4.57 Å². The van der Waals surface area contributed by atoms with E-state index in [1.54, 1.807) is 44.2 Å². The molecule has 11 heteroatoms. The van der Waals surface area contributed by atoms with E-state index in [2.05, 4.69) is 9.88 Å². The smallest absolute Gasteiger partial charge is 0.459 e. The summed E-state index contributed by atoms with van der Waals surface area (Å²) in [6.45, 7) is 3.89. The third-order valence-electron chi connectivity index (χ3n) is 3.66. The molecule has 2 atom stereocenters. The van der Waals surface area contributed by atoms with Crippen molar-refractivity contribution in [3.8, 4) is 5.75 Å². The molecular formula is C19H29N4O6P. The summed E-state index contributed by atoms with van der Waals surface area (Å²) in [5.74, 6) is -0.933. The molecule has 0 aromatic heterocycles. The number of para-hydroxylation sites is 1. The van der Waals surface area contributed by atoms with Crippen LogP contribution in [0.1, 0.15) is 39.5 Å². The largest absolute Gasteiger partial charge is 0.462 e. The molecule has 0 bridgehead atoms. The Balaban J connectivity index is 3.01. The van der Waals surface area contributed by atoms with E-state index in [0.29, 0.717) is 19.4 Å². The Labute approximate surface area is 176 Å². The first kappa shape index (κ1) is 25.7. The van der Waals surface area contributed by atoms with E-state index >= 15 is 0 Å². The van der Waals surface area contributed by atoms with Crippen molar-refractivity contribution in [2.24, 2.45) is 5.73 Å². The molecule has 1 unspecified atom stereocenters. The number of carbonyl (C=O) groups excluding carboxylic acids is 2. The van der Waals surface area contributed by atoms with Gasteiger partial charge in [-0.05, 0) is 51.8 Å². The van der Waals surface area contributed by atoms with Crippen LogP contribution in [-0.2, 0) is 23.4 Å². The van der Waals surface area contributed by atoms with Gasteiger partial charge in [0.1, 0.15) is 11.8 Å². The summed E-state index contributed by atoms with van der Waals surface area (Å²) in [5, 5.41) is 2.60. The Morgan fingerprint density at radius 2 is 1.97 bits per heavy atom. The van der Waals surface area contributed by atoms with Crippen LogP contribution in [0.5, 0.6) is 5.75 Å². The minimum Gasteiger partial charge on any atom is -0.462 e. The van der Waals surface area contributed by atoms with Crippen LogP contribution in [0.15, 0.2) is 30.3 Å². The highest BCUT2D eigenvalue weighted by Gasteiger charge is 2.35. The fraction of sp³-hybridized carbons (Fsp3) is 0.526. The van der Waals surface area contributed by atoms with Crippen LogP contribution in [0.3, 0.4) is 0 Å². The first-order valence-electron chi connectivity index (χ1n) is 9.67. The van der Waals surface area contributed by atoms with Crippen LogP contribution in [0, 0.1) is 0 Å². The van der Waals surface area contributed by atoms with Crippen molar-refractivity contribution in [1.29, 1.82) is 0 Å². The van der Waals surface area contributed by atoms with E-state index in [9.17, 15) is 14.2 Å². The van der Waals surface area contributed by atoms with Gasteiger partial charge in [-0.2, -0.15) is 9.88 Å². The van der Waals surface area contributed by atoms with Crippen LogP contribution < -0.4 is 15.3 Å². The highest BCUT2D eigenvalue weighted by atomic mass is 31.2. The lowest BCUT2D eigenvalue weighted by molar-refractivity contribution is -0.149. The van der Waals surface area contributed by atoms with Gasteiger partial charge in [0.05, 0.1) is 12.7 Å². The maximum Gasteiger partial charge on any atom is 0.459 e. The number of Topliss-reactive ketones (excluding diaryl/α,β-unsaturated/α-hetero) is 1. The SMILES string of the molecule is CC(C)OC(=O)[C@H](CCC(=O)C=[N+]=[N-])NP(=O)(OCCCCN)Oc1ccccc1. The fourth-order valence-corrected chi connectivity index (χ4v) is 3.86. The van der Waals surface area contributed by atoms with E-state index in [4.69, 9.17) is 25.0 Å². The third kappa shape index (κ3) is 10.4. The lowest BCUT2D eigenvalue weighted by atomic mass is 10.1. The number of hydrogen-bond donors (Lipinski definition) is 2. The molecule has 0 aliphatic carbocycles. The van der Waals surface area contributed by atoms with Crippen LogP contribution >= 0.6 is 7.75 Å². The molecule has 0 spiro atoms. The number of unbranched alkanes of at least 4 members (excludes halogenated alkanes) is 1. The average molecular weight is 440 g/mol. The van der Waals surface area contributed by atoms with E-state index in [1.807, 2.05) is 0 Å². The predicted molar refractivity (Wildman–Crippen MR) is 111 cm³/mol. The van der Waals surface area contributed by atoms with Crippen molar-refractivity contribution < 1.29 is 32.7 Å². The number of ether oxygens (including phenoxy) is 1. The number of carbonyl (C=O) groups is 2. The summed E-state index contributed by atoms with van der Waals surface area (Å²) >= 11 is 0. The normalized spacial score (nSPS) is 13.7. The van der Waals surface area contributed by atoms with Crippen LogP contribution in [-0.4, -0.2) is 48.1 Å². The molecule has 0 aliphatic rings. The van der Waals surface area contributed by atoms with Crippen molar-refractivity contribution in [2.75, 3.05) is 13.2 Å². The van der Waals surface area contributed by atoms with Crippen molar-refractivity contribution in [1.82, 2.24) is 5.09 Å². The summed E-state index contributed by atoms with van der Waals surface area (Å²) < 4.78 is 29.6. The van der Waals surface area contributed by atoms with Gasteiger partial charge in [-0.1, -0.05) is 18.2 Å². The minimum absolute atomic E-state index is 0.0648. The second kappa shape index (κ2) is 13.8. The quantitative estimate of drug-likeness (QED) is 0.105. The van der Waals surface area contributed by atoms with Gasteiger partial charge in [0.2, 0.25) is 5.78 Å². The van der Waals surface area contributed by atoms with Crippen LogP contribution in [0.2, 0.25) is 0 Å². The molecule has 1 aromatic carbocycles. The second-order valence-corrected chi connectivity index (χ2v) is 8.34. The zero-order valence-electron chi connectivity index (χ0n) is 17.2. The van der Waals surface area contributed by atoms with E-state index in [-0.39, 0.29) is 25.2 Å².